The van der Waals surface area contributed by atoms with Crippen LogP contribution in [-0.2, 0) is 4.74 Å². The van der Waals surface area contributed by atoms with E-state index in [4.69, 9.17) is 4.74 Å². The predicted octanol–water partition coefficient (Wildman–Crippen LogP) is 3.73. The molecule has 0 aliphatic heterocycles. The molecule has 3 nitrogen and oxygen atoms in total. The number of likely N-dealkylation sites (N-methyl/N-ethyl adjacent to an activating group) is 1. The highest BCUT2D eigenvalue weighted by molar-refractivity contribution is 5.85. The van der Waals surface area contributed by atoms with Crippen LogP contribution in [0.5, 0.6) is 0 Å². The van der Waals surface area contributed by atoms with Crippen molar-refractivity contribution in [2.45, 2.75) is 72.5 Å². The van der Waals surface area contributed by atoms with Crippen LogP contribution in [0.15, 0.2) is 0 Å². The first-order valence-electron chi connectivity index (χ1n) is 8.38. The highest BCUT2D eigenvalue weighted by atomic mass is 35.5. The summed E-state index contributed by atoms with van der Waals surface area (Å²) in [5, 5.41) is 10.0. The molecule has 0 spiro atoms. The lowest BCUT2D eigenvalue weighted by molar-refractivity contribution is -0.0437. The maximum Gasteiger partial charge on any atom is 0.0900 e. The Morgan fingerprint density at radius 2 is 1.62 bits per heavy atom. The largest absolute Gasteiger partial charge is 0.389 e. The van der Waals surface area contributed by atoms with E-state index in [1.807, 2.05) is 0 Å². The maximum atomic E-state index is 10.0. The van der Waals surface area contributed by atoms with E-state index in [1.165, 1.54) is 12.8 Å². The molecule has 128 valence electrons. The highest BCUT2D eigenvalue weighted by Gasteiger charge is 2.30. The van der Waals surface area contributed by atoms with E-state index in [9.17, 15) is 5.11 Å². The smallest absolute Gasteiger partial charge is 0.0900 e. The number of aliphatic hydroxyl groups excluding tert-OH is 1. The fourth-order valence-corrected chi connectivity index (χ4v) is 3.18. The van der Waals surface area contributed by atoms with Gasteiger partial charge in [0, 0.05) is 6.54 Å². The van der Waals surface area contributed by atoms with Gasteiger partial charge >= 0.3 is 0 Å². The van der Waals surface area contributed by atoms with Crippen molar-refractivity contribution >= 4 is 12.4 Å². The zero-order chi connectivity index (χ0) is 15.2. The molecule has 0 saturated heterocycles. The van der Waals surface area contributed by atoms with Crippen LogP contribution in [0.1, 0.15) is 60.3 Å². The summed E-state index contributed by atoms with van der Waals surface area (Å²) in [4.78, 5) is 2.24. The summed E-state index contributed by atoms with van der Waals surface area (Å²) in [7, 11) is 0. The molecular formula is C17H36ClNO2. The molecule has 0 aromatic carbocycles. The van der Waals surface area contributed by atoms with Crippen LogP contribution in [0, 0.1) is 11.3 Å². The number of aliphatic hydroxyl groups is 1. The third-order valence-electron chi connectivity index (χ3n) is 4.79. The van der Waals surface area contributed by atoms with Gasteiger partial charge in [0.2, 0.25) is 0 Å². The Bertz CT molecular complexity index is 256. The van der Waals surface area contributed by atoms with Crippen LogP contribution in [0.4, 0.5) is 0 Å². The fourth-order valence-electron chi connectivity index (χ4n) is 3.18. The van der Waals surface area contributed by atoms with Gasteiger partial charge in [-0.05, 0) is 50.1 Å². The standard InChI is InChI=1S/C17H35NO2.ClH/c1-6-18(7-2)12-15(19)13-20-16-10-8-14(9-11-16)17(3,4)5;/h14-16,19H,6-13H2,1-5H3;1H. The first-order chi connectivity index (χ1) is 9.36. The van der Waals surface area contributed by atoms with Crippen LogP contribution >= 0.6 is 12.4 Å². The second kappa shape index (κ2) is 10.0. The lowest BCUT2D eigenvalue weighted by Gasteiger charge is -2.37. The molecule has 1 N–H and O–H groups in total. The number of ether oxygens (including phenoxy) is 1. The molecule has 21 heavy (non-hydrogen) atoms. The Hall–Kier alpha value is 0.170. The minimum absolute atomic E-state index is 0. The maximum absolute atomic E-state index is 10.0. The van der Waals surface area contributed by atoms with Crippen molar-refractivity contribution in [3.8, 4) is 0 Å². The SMILES string of the molecule is CCN(CC)CC(O)COC1CCC(C(C)(C)C)CC1.Cl. The lowest BCUT2D eigenvalue weighted by Crippen LogP contribution is -2.36. The molecule has 1 atom stereocenters. The van der Waals surface area contributed by atoms with Gasteiger partial charge in [0.15, 0.2) is 0 Å². The predicted molar refractivity (Wildman–Crippen MR) is 92.2 cm³/mol. The summed E-state index contributed by atoms with van der Waals surface area (Å²) in [5.74, 6) is 0.822. The summed E-state index contributed by atoms with van der Waals surface area (Å²) in [6.45, 7) is 14.5. The first kappa shape index (κ1) is 21.2. The molecule has 0 aromatic rings. The summed E-state index contributed by atoms with van der Waals surface area (Å²) >= 11 is 0. The van der Waals surface area contributed by atoms with Crippen LogP contribution in [0.3, 0.4) is 0 Å². The Morgan fingerprint density at radius 3 is 2.05 bits per heavy atom. The average Bonchev–Trinajstić information content (AvgIpc) is 2.42. The Morgan fingerprint density at radius 1 is 1.10 bits per heavy atom. The fraction of sp³-hybridized carbons (Fsp3) is 1.00. The molecule has 1 aliphatic rings. The van der Waals surface area contributed by atoms with Crippen molar-refractivity contribution < 1.29 is 9.84 Å². The van der Waals surface area contributed by atoms with Crippen molar-refractivity contribution in [3.63, 3.8) is 0 Å². The van der Waals surface area contributed by atoms with Gasteiger partial charge in [0.05, 0.1) is 18.8 Å². The van der Waals surface area contributed by atoms with Gasteiger partial charge < -0.3 is 14.7 Å². The van der Waals surface area contributed by atoms with E-state index in [2.05, 4.69) is 39.5 Å². The van der Waals surface area contributed by atoms with Gasteiger partial charge in [-0.2, -0.15) is 0 Å². The molecular weight excluding hydrogens is 286 g/mol. The number of hydrogen-bond acceptors (Lipinski definition) is 3. The van der Waals surface area contributed by atoms with Gasteiger partial charge in [-0.1, -0.05) is 34.6 Å². The Kier molecular flexibility index (Phi) is 10.1. The van der Waals surface area contributed by atoms with Crippen LogP contribution in [0.25, 0.3) is 0 Å². The molecule has 4 heteroatoms. The number of rotatable bonds is 7. The Balaban J connectivity index is 0.00000400. The molecule has 1 saturated carbocycles. The van der Waals surface area contributed by atoms with Gasteiger partial charge in [0.1, 0.15) is 0 Å². The second-order valence-electron chi connectivity index (χ2n) is 7.31. The van der Waals surface area contributed by atoms with Gasteiger partial charge in [0.25, 0.3) is 0 Å². The Labute approximate surface area is 137 Å². The molecule has 0 radical (unpaired) electrons. The van der Waals surface area contributed by atoms with E-state index in [-0.39, 0.29) is 18.5 Å². The number of halogens is 1. The third-order valence-corrected chi connectivity index (χ3v) is 4.79. The van der Waals surface area contributed by atoms with Crippen LogP contribution < -0.4 is 0 Å². The van der Waals surface area contributed by atoms with Gasteiger partial charge in [-0.15, -0.1) is 12.4 Å². The van der Waals surface area contributed by atoms with Crippen molar-refractivity contribution in [1.82, 2.24) is 4.90 Å². The highest BCUT2D eigenvalue weighted by Crippen LogP contribution is 2.38. The van der Waals surface area contributed by atoms with Crippen molar-refractivity contribution in [2.75, 3.05) is 26.2 Å². The molecule has 1 fully saturated rings. The second-order valence-corrected chi connectivity index (χ2v) is 7.31. The monoisotopic (exact) mass is 321 g/mol. The van der Waals surface area contributed by atoms with Gasteiger partial charge in [-0.25, -0.2) is 0 Å². The van der Waals surface area contributed by atoms with Crippen molar-refractivity contribution in [1.29, 1.82) is 0 Å². The summed E-state index contributed by atoms with van der Waals surface area (Å²) in [6, 6.07) is 0. The number of hydrogen-bond donors (Lipinski definition) is 1. The molecule has 1 rings (SSSR count). The summed E-state index contributed by atoms with van der Waals surface area (Å²) in [5.41, 5.74) is 0.424. The lowest BCUT2D eigenvalue weighted by atomic mass is 9.72. The average molecular weight is 322 g/mol. The normalized spacial score (nSPS) is 24.7. The zero-order valence-electron chi connectivity index (χ0n) is 14.6. The van der Waals surface area contributed by atoms with E-state index in [0.717, 1.165) is 38.4 Å². The van der Waals surface area contributed by atoms with Crippen LogP contribution in [0.2, 0.25) is 0 Å². The summed E-state index contributed by atoms with van der Waals surface area (Å²) < 4.78 is 5.92. The van der Waals surface area contributed by atoms with Crippen molar-refractivity contribution in [3.05, 3.63) is 0 Å². The summed E-state index contributed by atoms with van der Waals surface area (Å²) in [6.07, 6.45) is 4.84. The van der Waals surface area contributed by atoms with Crippen LogP contribution in [-0.4, -0.2) is 48.5 Å². The van der Waals surface area contributed by atoms with E-state index in [0.29, 0.717) is 18.1 Å². The molecule has 0 amide bonds. The zero-order valence-corrected chi connectivity index (χ0v) is 15.4. The minimum atomic E-state index is -0.352. The van der Waals surface area contributed by atoms with E-state index >= 15 is 0 Å². The van der Waals surface area contributed by atoms with Crippen molar-refractivity contribution in [2.24, 2.45) is 11.3 Å². The number of nitrogens with zero attached hydrogens (tertiary/aromatic N) is 1. The topological polar surface area (TPSA) is 32.7 Å². The quantitative estimate of drug-likeness (QED) is 0.775. The molecule has 0 bridgehead atoms. The van der Waals surface area contributed by atoms with E-state index < -0.39 is 0 Å². The minimum Gasteiger partial charge on any atom is -0.389 e. The van der Waals surface area contributed by atoms with E-state index in [1.54, 1.807) is 0 Å². The molecule has 0 aromatic heterocycles. The first-order valence-corrected chi connectivity index (χ1v) is 8.38. The van der Waals surface area contributed by atoms with Gasteiger partial charge in [-0.3, -0.25) is 0 Å². The third kappa shape index (κ3) is 7.83. The molecule has 1 aliphatic carbocycles. The molecule has 1 unspecified atom stereocenters. The molecule has 0 heterocycles.